The van der Waals surface area contributed by atoms with Crippen molar-refractivity contribution in [2.45, 2.75) is 13.1 Å². The monoisotopic (exact) mass is 420 g/mol. The maximum atomic E-state index is 13.7. The fourth-order valence-corrected chi connectivity index (χ4v) is 3.31. The van der Waals surface area contributed by atoms with E-state index in [-0.39, 0.29) is 40.3 Å². The largest absolute Gasteiger partial charge is 1.00 e. The number of hydrogen-bond acceptors (Lipinski definition) is 3. The zero-order valence-electron chi connectivity index (χ0n) is 14.6. The molecule has 28 heavy (non-hydrogen) atoms. The third-order valence-corrected chi connectivity index (χ3v) is 4.71. The predicted octanol–water partition coefficient (Wildman–Crippen LogP) is 3.27. The summed E-state index contributed by atoms with van der Waals surface area (Å²) in [5.41, 5.74) is -1.03. The summed E-state index contributed by atoms with van der Waals surface area (Å²) < 4.78 is 66.0. The average Bonchev–Trinajstić information content (AvgIpc) is 2.94. The molecule has 0 spiro atoms. The van der Waals surface area contributed by atoms with E-state index in [4.69, 9.17) is 0 Å². The van der Waals surface area contributed by atoms with Gasteiger partial charge in [-0.1, -0.05) is 18.2 Å². The van der Waals surface area contributed by atoms with Crippen molar-refractivity contribution in [3.8, 4) is 10.4 Å². The molecule has 0 saturated carbocycles. The van der Waals surface area contributed by atoms with Crippen LogP contribution < -0.4 is 29.6 Å². The number of rotatable bonds is 3. The molecule has 10 heteroatoms. The number of aromatic nitrogens is 1. The summed E-state index contributed by atoms with van der Waals surface area (Å²) in [5, 5.41) is 3.49. The van der Waals surface area contributed by atoms with Gasteiger partial charge in [0.2, 0.25) is 0 Å². The number of benzene rings is 2. The smallest absolute Gasteiger partial charge is 0.430 e. The van der Waals surface area contributed by atoms with E-state index < -0.39 is 34.8 Å². The molecule has 0 aliphatic carbocycles. The van der Waals surface area contributed by atoms with Crippen LogP contribution in [0.5, 0.6) is 0 Å². The maximum absolute atomic E-state index is 13.7. The van der Waals surface area contributed by atoms with Gasteiger partial charge >= 0.3 is 35.7 Å². The number of carbonyl (C=O) groups is 1. The molecule has 1 aromatic heterocycles. The molecule has 0 fully saturated rings. The molecule has 0 bridgehead atoms. The molecule has 0 unspecified atom stereocenters. The molecule has 0 radical (unpaired) electrons. The molecule has 1 amide bonds. The molecule has 0 aliphatic heterocycles. The minimum atomic E-state index is -4.50. The Kier molecular flexibility index (Phi) is 6.97. The number of nitrogens with zero attached hydrogens (tertiary/aromatic N) is 2. The second-order valence-corrected chi connectivity index (χ2v) is 6.48. The number of aryl methyl sites for hydroxylation is 1. The van der Waals surface area contributed by atoms with Crippen molar-refractivity contribution in [2.24, 2.45) is 0 Å². The number of halogens is 5. The molecule has 3 rings (SSSR count). The summed E-state index contributed by atoms with van der Waals surface area (Å²) in [6.07, 6.45) is -4.50. The van der Waals surface area contributed by atoms with Gasteiger partial charge in [-0.3, -0.25) is 4.79 Å². The van der Waals surface area contributed by atoms with E-state index in [9.17, 15) is 26.7 Å². The zero-order valence-corrected chi connectivity index (χ0v) is 17.5. The van der Waals surface area contributed by atoms with E-state index in [1.54, 1.807) is 6.92 Å². The van der Waals surface area contributed by atoms with Crippen molar-refractivity contribution < 1.29 is 56.3 Å². The number of thiazole rings is 1. The molecular formula is C18H10F5N2NaOS. The van der Waals surface area contributed by atoms with Gasteiger partial charge in [0.25, 0.3) is 0 Å². The van der Waals surface area contributed by atoms with E-state index >= 15 is 0 Å². The van der Waals surface area contributed by atoms with Crippen LogP contribution in [0.15, 0.2) is 42.5 Å². The summed E-state index contributed by atoms with van der Waals surface area (Å²) in [7, 11) is 0. The van der Waals surface area contributed by atoms with Crippen LogP contribution in [0.3, 0.4) is 0 Å². The van der Waals surface area contributed by atoms with Gasteiger partial charge in [-0.2, -0.15) is 13.2 Å². The van der Waals surface area contributed by atoms with Crippen molar-refractivity contribution in [1.82, 2.24) is 4.98 Å². The van der Waals surface area contributed by atoms with Gasteiger partial charge in [-0.05, 0) is 42.4 Å². The molecule has 3 aromatic rings. The number of amides is 1. The SMILES string of the molecule is Cc1nc([N-]C(=O)c2c(F)cccc2F)sc1-c1cccc(C(F)(F)F)c1.[Na+]. The van der Waals surface area contributed by atoms with Gasteiger partial charge in [-0.25, -0.2) is 8.78 Å². The Morgan fingerprint density at radius 1 is 1.07 bits per heavy atom. The summed E-state index contributed by atoms with van der Waals surface area (Å²) in [5.74, 6) is -3.28. The van der Waals surface area contributed by atoms with Gasteiger partial charge in [0, 0.05) is 10.0 Å². The molecule has 2 aromatic carbocycles. The Morgan fingerprint density at radius 3 is 2.29 bits per heavy atom. The first-order valence-electron chi connectivity index (χ1n) is 7.52. The maximum Gasteiger partial charge on any atom is 1.00 e. The molecule has 1 heterocycles. The van der Waals surface area contributed by atoms with Crippen LogP contribution in [0, 0.1) is 18.6 Å². The van der Waals surface area contributed by atoms with Gasteiger partial charge in [-0.15, -0.1) is 11.3 Å². The van der Waals surface area contributed by atoms with Gasteiger partial charge < -0.3 is 10.3 Å². The fourth-order valence-electron chi connectivity index (χ4n) is 2.38. The molecular weight excluding hydrogens is 410 g/mol. The summed E-state index contributed by atoms with van der Waals surface area (Å²) >= 11 is 0.856. The van der Waals surface area contributed by atoms with Crippen LogP contribution in [0.4, 0.5) is 27.1 Å². The second kappa shape index (κ2) is 8.69. The summed E-state index contributed by atoms with van der Waals surface area (Å²) in [4.78, 5) is 16.5. The Bertz CT molecular complexity index is 999. The van der Waals surface area contributed by atoms with Crippen molar-refractivity contribution in [3.05, 3.63) is 76.2 Å². The van der Waals surface area contributed by atoms with Gasteiger partial charge in [0.15, 0.2) is 5.91 Å². The first-order valence-corrected chi connectivity index (χ1v) is 8.33. The van der Waals surface area contributed by atoms with Crippen LogP contribution >= 0.6 is 11.3 Å². The standard InChI is InChI=1S/C18H11F5N2OS.Na/c1-9-15(10-4-2-5-11(8-10)18(21,22)23)27-17(24-9)25-16(26)14-12(19)6-3-7-13(14)20;/h2-8H,1H3,(H,24,25,26);/q;+1/p-1. The number of hydrogen-bond donors (Lipinski definition) is 0. The first-order chi connectivity index (χ1) is 12.7. The Hall–Kier alpha value is -1.81. The molecule has 0 saturated heterocycles. The van der Waals surface area contributed by atoms with Crippen molar-refractivity contribution >= 4 is 22.4 Å². The van der Waals surface area contributed by atoms with E-state index in [0.29, 0.717) is 10.6 Å². The topological polar surface area (TPSA) is 44.1 Å². The van der Waals surface area contributed by atoms with Gasteiger partial charge in [0.05, 0.1) is 11.1 Å². The minimum absolute atomic E-state index is 0. The quantitative estimate of drug-likeness (QED) is 0.482. The predicted molar refractivity (Wildman–Crippen MR) is 91.0 cm³/mol. The summed E-state index contributed by atoms with van der Waals surface area (Å²) in [6.45, 7) is 1.54. The second-order valence-electron chi connectivity index (χ2n) is 5.50. The van der Waals surface area contributed by atoms with Crippen LogP contribution in [0.25, 0.3) is 15.8 Å². The fraction of sp³-hybridized carbons (Fsp3) is 0.111. The number of alkyl halides is 3. The van der Waals surface area contributed by atoms with E-state index in [1.807, 2.05) is 0 Å². The van der Waals surface area contributed by atoms with Crippen LogP contribution in [-0.2, 0) is 6.18 Å². The summed E-state index contributed by atoms with van der Waals surface area (Å²) in [6, 6.07) is 7.59. The van der Waals surface area contributed by atoms with Crippen molar-refractivity contribution in [2.75, 3.05) is 0 Å². The number of carbonyl (C=O) groups excluding carboxylic acids is 1. The van der Waals surface area contributed by atoms with Gasteiger partial charge in [0.1, 0.15) is 11.6 Å². The third kappa shape index (κ3) is 4.78. The van der Waals surface area contributed by atoms with Crippen molar-refractivity contribution in [1.29, 1.82) is 0 Å². The first kappa shape index (κ1) is 22.5. The van der Waals surface area contributed by atoms with Crippen LogP contribution in [-0.4, -0.2) is 10.9 Å². The van der Waals surface area contributed by atoms with E-state index in [0.717, 1.165) is 41.7 Å². The normalized spacial score (nSPS) is 11.1. The molecule has 0 atom stereocenters. The van der Waals surface area contributed by atoms with E-state index in [1.165, 1.54) is 12.1 Å². The Balaban J connectivity index is 0.00000280. The third-order valence-electron chi connectivity index (χ3n) is 3.61. The molecule has 140 valence electrons. The van der Waals surface area contributed by atoms with E-state index in [2.05, 4.69) is 10.3 Å². The zero-order chi connectivity index (χ0) is 19.8. The minimum Gasteiger partial charge on any atom is -0.430 e. The van der Waals surface area contributed by atoms with Crippen LogP contribution in [0.1, 0.15) is 21.6 Å². The molecule has 0 N–H and O–H groups in total. The van der Waals surface area contributed by atoms with Crippen LogP contribution in [0.2, 0.25) is 0 Å². The molecule has 3 nitrogen and oxygen atoms in total. The Labute approximate surface area is 182 Å². The average molecular weight is 420 g/mol. The Morgan fingerprint density at radius 2 is 1.68 bits per heavy atom. The molecule has 0 aliphatic rings. The van der Waals surface area contributed by atoms with Crippen molar-refractivity contribution in [3.63, 3.8) is 0 Å².